The first kappa shape index (κ1) is 28.4. The molecule has 0 bridgehead atoms. The number of rotatable bonds is 3. The fourth-order valence-electron chi connectivity index (χ4n) is 7.81. The maximum Gasteiger partial charge on any atom is 0.231 e. The van der Waals surface area contributed by atoms with E-state index >= 15 is 0 Å². The first-order valence-corrected chi connectivity index (χ1v) is 16.5. The molecule has 0 saturated heterocycles. The Morgan fingerprint density at radius 2 is 1.10 bits per heavy atom. The molecule has 234 valence electrons. The van der Waals surface area contributed by atoms with Crippen molar-refractivity contribution in [3.63, 3.8) is 0 Å². The number of benzene rings is 7. The Hall–Kier alpha value is -7.59. The fraction of sp³-hybridized carbons (Fsp3) is 0. The summed E-state index contributed by atoms with van der Waals surface area (Å²) in [5.74, 6) is 0. The molecule has 0 spiro atoms. The third-order valence-corrected chi connectivity index (χ3v) is 9.95. The molecule has 3 aromatic heterocycles. The highest BCUT2D eigenvalue weighted by molar-refractivity contribution is 6.30. The average Bonchev–Trinajstić information content (AvgIpc) is 3.85. The molecule has 51 heavy (non-hydrogen) atoms. The summed E-state index contributed by atoms with van der Waals surface area (Å²) >= 11 is 0. The van der Waals surface area contributed by atoms with Crippen LogP contribution in [0.4, 0.5) is 11.4 Å². The molecule has 0 fully saturated rings. The van der Waals surface area contributed by atoms with Gasteiger partial charge in [-0.05, 0) is 71.8 Å². The highest BCUT2D eigenvalue weighted by Crippen LogP contribution is 2.47. The smallest absolute Gasteiger partial charge is 0.231 e. The molecule has 0 atom stereocenters. The normalized spacial score (nSPS) is 11.5. The van der Waals surface area contributed by atoms with E-state index in [-0.39, 0.29) is 0 Å². The monoisotopic (exact) mass is 649 g/mol. The lowest BCUT2D eigenvalue weighted by Crippen LogP contribution is -1.96. The van der Waals surface area contributed by atoms with Gasteiger partial charge >= 0.3 is 0 Å². The molecule has 0 unspecified atom stereocenters. The minimum Gasteiger partial charge on any atom is -0.478 e. The Morgan fingerprint density at radius 3 is 1.80 bits per heavy atom. The van der Waals surface area contributed by atoms with Crippen molar-refractivity contribution in [2.24, 2.45) is 0 Å². The maximum absolute atomic E-state index is 9.60. The van der Waals surface area contributed by atoms with Gasteiger partial charge in [0.1, 0.15) is 11.2 Å². The fourth-order valence-corrected chi connectivity index (χ4v) is 7.81. The maximum atomic E-state index is 9.60. The van der Waals surface area contributed by atoms with E-state index in [9.17, 15) is 5.26 Å². The molecule has 6 heteroatoms. The van der Waals surface area contributed by atoms with Crippen LogP contribution >= 0.6 is 0 Å². The second kappa shape index (κ2) is 10.7. The molecule has 10 rings (SSSR count). The van der Waals surface area contributed by atoms with Crippen molar-refractivity contribution in [1.82, 2.24) is 9.13 Å². The van der Waals surface area contributed by atoms with Gasteiger partial charge in [0.2, 0.25) is 11.4 Å². The SMILES string of the molecule is [C-]#[N+]c1cccc2c1oc1c([N+]#[C-])cc3c(c4ccccc4n3-c3cccc(-c4cccc(-n5c6ccccc6c6cc(C#N)ccc65)c4)c3)c12. The van der Waals surface area contributed by atoms with Crippen molar-refractivity contribution in [3.8, 4) is 28.6 Å². The minimum atomic E-state index is 0.408. The van der Waals surface area contributed by atoms with Gasteiger partial charge in [-0.3, -0.25) is 0 Å². The van der Waals surface area contributed by atoms with Gasteiger partial charge in [0.25, 0.3) is 0 Å². The number of para-hydroxylation sites is 3. The third kappa shape index (κ3) is 4.01. The van der Waals surface area contributed by atoms with Crippen LogP contribution in [0, 0.1) is 24.5 Å². The summed E-state index contributed by atoms with van der Waals surface area (Å²) < 4.78 is 10.8. The molecular formula is C45H23N5O. The molecule has 0 amide bonds. The second-order valence-corrected chi connectivity index (χ2v) is 12.6. The van der Waals surface area contributed by atoms with Crippen LogP contribution in [-0.2, 0) is 0 Å². The Kier molecular flexibility index (Phi) is 5.97. The third-order valence-electron chi connectivity index (χ3n) is 9.95. The lowest BCUT2D eigenvalue weighted by Gasteiger charge is -2.13. The molecule has 0 aliphatic carbocycles. The molecular weight excluding hydrogens is 627 g/mol. The Bertz CT molecular complexity index is 3240. The molecule has 3 heterocycles. The van der Waals surface area contributed by atoms with E-state index in [1.54, 1.807) is 6.07 Å². The summed E-state index contributed by atoms with van der Waals surface area (Å²) in [6.07, 6.45) is 0. The predicted molar refractivity (Wildman–Crippen MR) is 205 cm³/mol. The number of fused-ring (bicyclic) bond motifs is 10. The number of hydrogen-bond donors (Lipinski definition) is 0. The lowest BCUT2D eigenvalue weighted by atomic mass is 10.0. The number of furan rings is 1. The Morgan fingerprint density at radius 1 is 0.490 bits per heavy atom. The molecule has 0 saturated carbocycles. The van der Waals surface area contributed by atoms with E-state index in [2.05, 4.69) is 97.7 Å². The Labute approximate surface area is 291 Å². The van der Waals surface area contributed by atoms with Gasteiger partial charge in [-0.25, -0.2) is 9.69 Å². The van der Waals surface area contributed by atoms with E-state index in [4.69, 9.17) is 17.6 Å². The van der Waals surface area contributed by atoms with E-state index in [0.717, 1.165) is 76.9 Å². The number of hydrogen-bond acceptors (Lipinski definition) is 2. The first-order chi connectivity index (χ1) is 25.2. The largest absolute Gasteiger partial charge is 0.478 e. The molecule has 0 aliphatic heterocycles. The van der Waals surface area contributed by atoms with E-state index in [0.29, 0.717) is 28.1 Å². The lowest BCUT2D eigenvalue weighted by molar-refractivity contribution is 0.673. The number of nitrogens with zero attached hydrogens (tertiary/aromatic N) is 5. The van der Waals surface area contributed by atoms with Crippen LogP contribution < -0.4 is 0 Å². The second-order valence-electron chi connectivity index (χ2n) is 12.6. The van der Waals surface area contributed by atoms with Gasteiger partial charge in [-0.15, -0.1) is 0 Å². The summed E-state index contributed by atoms with van der Waals surface area (Å²) in [5, 5.41) is 15.5. The van der Waals surface area contributed by atoms with Gasteiger partial charge < -0.3 is 13.6 Å². The molecule has 0 radical (unpaired) electrons. The summed E-state index contributed by atoms with van der Waals surface area (Å²) in [6, 6.07) is 49.3. The predicted octanol–water partition coefficient (Wildman–Crippen LogP) is 12.4. The van der Waals surface area contributed by atoms with Crippen molar-refractivity contribution < 1.29 is 4.42 Å². The van der Waals surface area contributed by atoms with Gasteiger partial charge in [0.15, 0.2) is 0 Å². The van der Waals surface area contributed by atoms with Crippen LogP contribution in [0.5, 0.6) is 0 Å². The number of nitriles is 1. The molecule has 0 N–H and O–H groups in total. The standard InChI is InChI=1S/C45H23N5O/c1-47-36-17-9-16-34-43-42-33-15-4-6-19-39(33)50(41(42)25-37(48-2)45(43)51-44(34)36)31-13-8-11-29(24-31)28-10-7-12-30(23-28)49-38-18-5-3-14-32(38)35-22-27(26-46)20-21-40(35)49/h3-25H. The highest BCUT2D eigenvalue weighted by Gasteiger charge is 2.23. The van der Waals surface area contributed by atoms with E-state index in [1.807, 2.05) is 60.7 Å². The van der Waals surface area contributed by atoms with Crippen molar-refractivity contribution in [3.05, 3.63) is 168 Å². The molecule has 10 aromatic rings. The zero-order valence-corrected chi connectivity index (χ0v) is 26.9. The average molecular weight is 650 g/mol. The highest BCUT2D eigenvalue weighted by atomic mass is 16.3. The summed E-state index contributed by atoms with van der Waals surface area (Å²) in [4.78, 5) is 7.61. The van der Waals surface area contributed by atoms with Crippen LogP contribution in [0.3, 0.4) is 0 Å². The quantitative estimate of drug-likeness (QED) is 0.179. The van der Waals surface area contributed by atoms with Crippen molar-refractivity contribution in [1.29, 1.82) is 5.26 Å². The molecule has 0 aliphatic rings. The molecule has 7 aromatic carbocycles. The van der Waals surface area contributed by atoms with E-state index in [1.165, 1.54) is 0 Å². The van der Waals surface area contributed by atoms with E-state index < -0.39 is 0 Å². The topological polar surface area (TPSA) is 55.5 Å². The van der Waals surface area contributed by atoms with Crippen molar-refractivity contribution >= 4 is 76.9 Å². The summed E-state index contributed by atoms with van der Waals surface area (Å²) in [6.45, 7) is 15.8. The minimum absolute atomic E-state index is 0.408. The van der Waals surface area contributed by atoms with Crippen LogP contribution in [0.15, 0.2) is 144 Å². The van der Waals surface area contributed by atoms with Gasteiger partial charge in [0.05, 0.1) is 41.3 Å². The molecule has 6 nitrogen and oxygen atoms in total. The zero-order valence-electron chi connectivity index (χ0n) is 26.9. The summed E-state index contributed by atoms with van der Waals surface area (Å²) in [5.41, 5.74) is 10.6. The van der Waals surface area contributed by atoms with Crippen LogP contribution in [0.25, 0.3) is 97.7 Å². The summed E-state index contributed by atoms with van der Waals surface area (Å²) in [7, 11) is 0. The van der Waals surface area contributed by atoms with Gasteiger partial charge in [-0.2, -0.15) is 5.26 Å². The van der Waals surface area contributed by atoms with Gasteiger partial charge in [0, 0.05) is 49.2 Å². The van der Waals surface area contributed by atoms with Crippen LogP contribution in [-0.4, -0.2) is 9.13 Å². The van der Waals surface area contributed by atoms with Crippen LogP contribution in [0.1, 0.15) is 5.56 Å². The van der Waals surface area contributed by atoms with Crippen molar-refractivity contribution in [2.75, 3.05) is 0 Å². The van der Waals surface area contributed by atoms with Crippen molar-refractivity contribution in [2.45, 2.75) is 0 Å². The number of aromatic nitrogens is 2. The first-order valence-electron chi connectivity index (χ1n) is 16.5. The van der Waals surface area contributed by atoms with Crippen LogP contribution in [0.2, 0.25) is 0 Å². The zero-order chi connectivity index (χ0) is 34.2. The Balaban J connectivity index is 1.20. The van der Waals surface area contributed by atoms with Gasteiger partial charge in [-0.1, -0.05) is 78.9 Å².